The summed E-state index contributed by atoms with van der Waals surface area (Å²) in [5.41, 5.74) is 0.793. The smallest absolute Gasteiger partial charge is 0.244 e. The molecule has 0 aliphatic rings. The normalized spacial score (nSPS) is 12.6. The van der Waals surface area contributed by atoms with Crippen LogP contribution in [0.4, 0.5) is 0 Å². The summed E-state index contributed by atoms with van der Waals surface area (Å²) in [6.07, 6.45) is 5.12. The molecule has 0 radical (unpaired) electrons. The van der Waals surface area contributed by atoms with Gasteiger partial charge in [0.1, 0.15) is 0 Å². The van der Waals surface area contributed by atoms with Gasteiger partial charge in [0.05, 0.1) is 12.6 Å². The zero-order valence-electron chi connectivity index (χ0n) is 11.2. The molecule has 1 aromatic rings. The first kappa shape index (κ1) is 17.4. The lowest BCUT2D eigenvalue weighted by atomic mass is 10.2. The summed E-state index contributed by atoms with van der Waals surface area (Å²) in [6, 6.07) is 7.08. The summed E-state index contributed by atoms with van der Waals surface area (Å²) in [5, 5.41) is 13.5. The van der Waals surface area contributed by atoms with Crippen molar-refractivity contribution in [1.29, 1.82) is 0 Å². The van der Waals surface area contributed by atoms with Gasteiger partial charge in [-0.2, -0.15) is 11.8 Å². The molecule has 1 atom stereocenters. The Bertz CT molecular complexity index is 455. The van der Waals surface area contributed by atoms with Crippen molar-refractivity contribution in [3.63, 3.8) is 0 Å². The molecule has 3 nitrogen and oxygen atoms in total. The van der Waals surface area contributed by atoms with Gasteiger partial charge in [-0.25, -0.2) is 0 Å². The SMILES string of the molecule is CSCSCC(CO)NC(=O)C=Cc1ccccc1Cl. The molecule has 0 bridgehead atoms. The van der Waals surface area contributed by atoms with E-state index in [-0.39, 0.29) is 18.6 Å². The molecule has 0 fully saturated rings. The zero-order chi connectivity index (χ0) is 14.8. The molecule has 20 heavy (non-hydrogen) atoms. The summed E-state index contributed by atoms with van der Waals surface area (Å²) in [5.74, 6) is 0.469. The van der Waals surface area contributed by atoms with Crippen LogP contribution in [0, 0.1) is 0 Å². The number of hydrogen-bond acceptors (Lipinski definition) is 4. The van der Waals surface area contributed by atoms with Crippen molar-refractivity contribution in [3.05, 3.63) is 40.9 Å². The van der Waals surface area contributed by atoms with E-state index in [1.807, 2.05) is 24.5 Å². The maximum Gasteiger partial charge on any atom is 0.244 e. The Morgan fingerprint density at radius 1 is 1.50 bits per heavy atom. The fourth-order valence-electron chi connectivity index (χ4n) is 1.44. The Morgan fingerprint density at radius 3 is 2.90 bits per heavy atom. The van der Waals surface area contributed by atoms with E-state index >= 15 is 0 Å². The average Bonchev–Trinajstić information content (AvgIpc) is 2.45. The Hall–Kier alpha value is -0.620. The molecule has 1 amide bonds. The molecule has 110 valence electrons. The topological polar surface area (TPSA) is 49.3 Å². The van der Waals surface area contributed by atoms with Gasteiger partial charge >= 0.3 is 0 Å². The summed E-state index contributed by atoms with van der Waals surface area (Å²) < 4.78 is 0. The van der Waals surface area contributed by atoms with E-state index in [9.17, 15) is 9.90 Å². The molecular weight excluding hydrogens is 314 g/mol. The summed E-state index contributed by atoms with van der Waals surface area (Å²) in [4.78, 5) is 11.8. The molecule has 0 heterocycles. The number of carbonyl (C=O) groups excluding carboxylic acids is 1. The Morgan fingerprint density at radius 2 is 2.25 bits per heavy atom. The molecule has 1 unspecified atom stereocenters. The van der Waals surface area contributed by atoms with E-state index in [2.05, 4.69) is 5.32 Å². The molecule has 0 aromatic heterocycles. The number of nitrogens with one attached hydrogen (secondary N) is 1. The van der Waals surface area contributed by atoms with Gasteiger partial charge in [-0.1, -0.05) is 29.8 Å². The number of aliphatic hydroxyl groups is 1. The minimum Gasteiger partial charge on any atom is -0.394 e. The molecule has 6 heteroatoms. The minimum atomic E-state index is -0.228. The number of carbonyl (C=O) groups is 1. The van der Waals surface area contributed by atoms with E-state index in [4.69, 9.17) is 11.6 Å². The summed E-state index contributed by atoms with van der Waals surface area (Å²) in [7, 11) is 0. The van der Waals surface area contributed by atoms with Crippen LogP contribution in [-0.2, 0) is 4.79 Å². The lowest BCUT2D eigenvalue weighted by Crippen LogP contribution is -2.38. The third-order valence-corrected chi connectivity index (χ3v) is 5.00. The van der Waals surface area contributed by atoms with Gasteiger partial charge in [-0.3, -0.25) is 4.79 Å². The fourth-order valence-corrected chi connectivity index (χ4v) is 3.16. The van der Waals surface area contributed by atoms with Crippen LogP contribution < -0.4 is 5.32 Å². The highest BCUT2D eigenvalue weighted by Crippen LogP contribution is 2.16. The Balaban J connectivity index is 2.47. The molecule has 2 N–H and O–H groups in total. The van der Waals surface area contributed by atoms with Gasteiger partial charge < -0.3 is 10.4 Å². The Labute approximate surface area is 133 Å². The van der Waals surface area contributed by atoms with Gasteiger partial charge in [0, 0.05) is 21.9 Å². The van der Waals surface area contributed by atoms with E-state index < -0.39 is 0 Å². The molecule has 0 aliphatic carbocycles. The zero-order valence-corrected chi connectivity index (χ0v) is 13.6. The van der Waals surface area contributed by atoms with E-state index in [0.717, 1.165) is 10.6 Å². The second-order valence-electron chi connectivity index (χ2n) is 4.02. The maximum absolute atomic E-state index is 11.8. The number of aliphatic hydroxyl groups excluding tert-OH is 1. The average molecular weight is 332 g/mol. The number of thioether (sulfide) groups is 2. The third-order valence-electron chi connectivity index (χ3n) is 2.41. The molecule has 0 saturated heterocycles. The van der Waals surface area contributed by atoms with Crippen molar-refractivity contribution in [2.75, 3.05) is 23.7 Å². The number of halogens is 1. The van der Waals surface area contributed by atoms with Crippen molar-refractivity contribution >= 4 is 47.1 Å². The summed E-state index contributed by atoms with van der Waals surface area (Å²) >= 11 is 9.41. The molecule has 0 saturated carbocycles. The number of amides is 1. The van der Waals surface area contributed by atoms with Crippen LogP contribution in [-0.4, -0.2) is 40.8 Å². The van der Waals surface area contributed by atoms with Gasteiger partial charge in [0.15, 0.2) is 0 Å². The first-order valence-electron chi connectivity index (χ1n) is 6.08. The fraction of sp³-hybridized carbons (Fsp3) is 0.357. The van der Waals surface area contributed by atoms with Crippen LogP contribution in [0.5, 0.6) is 0 Å². The van der Waals surface area contributed by atoms with Crippen molar-refractivity contribution in [1.82, 2.24) is 5.32 Å². The quantitative estimate of drug-likeness (QED) is 0.437. The van der Waals surface area contributed by atoms with Crippen LogP contribution in [0.15, 0.2) is 30.3 Å². The highest BCUT2D eigenvalue weighted by molar-refractivity contribution is 8.15. The molecule has 1 aromatic carbocycles. The predicted octanol–water partition coefficient (Wildman–Crippen LogP) is 2.88. The van der Waals surface area contributed by atoms with Crippen molar-refractivity contribution < 1.29 is 9.90 Å². The van der Waals surface area contributed by atoms with Crippen LogP contribution in [0.3, 0.4) is 0 Å². The first-order valence-corrected chi connectivity index (χ1v) is 9.00. The number of rotatable bonds is 8. The van der Waals surface area contributed by atoms with Gasteiger partial charge in [-0.15, -0.1) is 11.8 Å². The minimum absolute atomic E-state index is 0.0624. The third kappa shape index (κ3) is 6.70. The van der Waals surface area contributed by atoms with Crippen molar-refractivity contribution in [2.45, 2.75) is 6.04 Å². The molecule has 0 spiro atoms. The largest absolute Gasteiger partial charge is 0.394 e. The molecular formula is C14H18ClNO2S2. The standard InChI is InChI=1S/C14H18ClNO2S2/c1-19-10-20-9-12(8-17)16-14(18)7-6-11-4-2-3-5-13(11)15/h2-7,12,17H,8-10H2,1H3,(H,16,18). The van der Waals surface area contributed by atoms with Crippen LogP contribution in [0.25, 0.3) is 6.08 Å². The summed E-state index contributed by atoms with van der Waals surface area (Å²) in [6.45, 7) is -0.0624. The maximum atomic E-state index is 11.8. The van der Waals surface area contributed by atoms with Crippen LogP contribution in [0.2, 0.25) is 5.02 Å². The Kier molecular flexibility index (Phi) is 8.85. The van der Waals surface area contributed by atoms with Gasteiger partial charge in [0.25, 0.3) is 0 Å². The predicted molar refractivity (Wildman–Crippen MR) is 90.3 cm³/mol. The number of benzene rings is 1. The van der Waals surface area contributed by atoms with E-state index in [1.165, 1.54) is 6.08 Å². The highest BCUT2D eigenvalue weighted by Gasteiger charge is 2.09. The van der Waals surface area contributed by atoms with Crippen molar-refractivity contribution in [2.24, 2.45) is 0 Å². The monoisotopic (exact) mass is 331 g/mol. The van der Waals surface area contributed by atoms with E-state index in [1.54, 1.807) is 35.7 Å². The lowest BCUT2D eigenvalue weighted by molar-refractivity contribution is -0.117. The van der Waals surface area contributed by atoms with Crippen LogP contribution in [0.1, 0.15) is 5.56 Å². The van der Waals surface area contributed by atoms with Crippen molar-refractivity contribution in [3.8, 4) is 0 Å². The van der Waals surface area contributed by atoms with Crippen LogP contribution >= 0.6 is 35.1 Å². The first-order chi connectivity index (χ1) is 9.67. The second kappa shape index (κ2) is 10.2. The second-order valence-corrected chi connectivity index (χ2v) is 6.69. The highest BCUT2D eigenvalue weighted by atomic mass is 35.5. The van der Waals surface area contributed by atoms with Gasteiger partial charge in [0.2, 0.25) is 5.91 Å². The van der Waals surface area contributed by atoms with E-state index in [0.29, 0.717) is 10.8 Å². The molecule has 0 aliphatic heterocycles. The number of hydrogen-bond donors (Lipinski definition) is 2. The molecule has 1 rings (SSSR count). The lowest BCUT2D eigenvalue weighted by Gasteiger charge is -2.14. The van der Waals surface area contributed by atoms with Gasteiger partial charge in [-0.05, 0) is 24.0 Å².